The molecule has 2 rings (SSSR count). The van der Waals surface area contributed by atoms with Crippen molar-refractivity contribution in [3.63, 3.8) is 0 Å². The molecule has 1 atom stereocenters. The van der Waals surface area contributed by atoms with Crippen LogP contribution in [0.15, 0.2) is 23.0 Å². The molecule has 0 aliphatic carbocycles. The van der Waals surface area contributed by atoms with Crippen LogP contribution < -0.4 is 5.32 Å². The zero-order valence-corrected chi connectivity index (χ0v) is 11.5. The number of hydrogen-bond acceptors (Lipinski definition) is 6. The van der Waals surface area contributed by atoms with E-state index in [9.17, 15) is 10.1 Å². The quantitative estimate of drug-likeness (QED) is 0.653. The summed E-state index contributed by atoms with van der Waals surface area (Å²) in [6, 6.07) is 1.62. The third kappa shape index (κ3) is 3.34. The van der Waals surface area contributed by atoms with Crippen molar-refractivity contribution < 1.29 is 4.92 Å². The molecule has 0 aliphatic heterocycles. The van der Waals surface area contributed by atoms with E-state index in [0.29, 0.717) is 12.5 Å². The molecule has 1 unspecified atom stereocenters. The standard InChI is InChI=1S/C11H13N3O2S2/c1-8(11-13-2-3-17-11)5-12-6-9-4-10(14(15)16)18-7-9/h2-4,7-8,12H,5-6H2,1H3. The van der Waals surface area contributed by atoms with Crippen molar-refractivity contribution in [1.29, 1.82) is 0 Å². The third-order valence-electron chi connectivity index (χ3n) is 2.47. The van der Waals surface area contributed by atoms with Crippen molar-refractivity contribution in [3.05, 3.63) is 43.7 Å². The summed E-state index contributed by atoms with van der Waals surface area (Å²) in [4.78, 5) is 14.4. The summed E-state index contributed by atoms with van der Waals surface area (Å²) in [5, 5.41) is 18.9. The van der Waals surface area contributed by atoms with Gasteiger partial charge in [0, 0.05) is 42.0 Å². The van der Waals surface area contributed by atoms with Crippen molar-refractivity contribution in [2.75, 3.05) is 6.54 Å². The molecule has 18 heavy (non-hydrogen) atoms. The van der Waals surface area contributed by atoms with E-state index in [1.54, 1.807) is 23.6 Å². The number of nitro groups is 1. The Hall–Kier alpha value is -1.31. The van der Waals surface area contributed by atoms with Gasteiger partial charge in [-0.2, -0.15) is 0 Å². The largest absolute Gasteiger partial charge is 0.324 e. The highest BCUT2D eigenvalue weighted by Crippen LogP contribution is 2.22. The fourth-order valence-corrected chi connectivity index (χ4v) is 2.98. The zero-order chi connectivity index (χ0) is 13.0. The predicted octanol–water partition coefficient (Wildman–Crippen LogP) is 3.01. The minimum absolute atomic E-state index is 0.194. The normalized spacial score (nSPS) is 12.5. The highest BCUT2D eigenvalue weighted by atomic mass is 32.1. The maximum atomic E-state index is 10.5. The maximum Gasteiger partial charge on any atom is 0.324 e. The summed E-state index contributed by atoms with van der Waals surface area (Å²) >= 11 is 2.81. The molecule has 5 nitrogen and oxygen atoms in total. The first-order valence-electron chi connectivity index (χ1n) is 5.48. The minimum atomic E-state index is -0.355. The number of rotatable bonds is 6. The van der Waals surface area contributed by atoms with Gasteiger partial charge < -0.3 is 5.32 Å². The van der Waals surface area contributed by atoms with Crippen LogP contribution in [0.2, 0.25) is 0 Å². The molecule has 0 aliphatic rings. The lowest BCUT2D eigenvalue weighted by molar-refractivity contribution is -0.380. The van der Waals surface area contributed by atoms with E-state index < -0.39 is 0 Å². The molecular weight excluding hydrogens is 270 g/mol. The fourth-order valence-electron chi connectivity index (χ4n) is 1.55. The molecular formula is C11H13N3O2S2. The summed E-state index contributed by atoms with van der Waals surface area (Å²) < 4.78 is 0. The first-order chi connectivity index (χ1) is 8.66. The Morgan fingerprint density at radius 2 is 2.39 bits per heavy atom. The van der Waals surface area contributed by atoms with Gasteiger partial charge >= 0.3 is 5.00 Å². The van der Waals surface area contributed by atoms with Crippen LogP contribution in [0.5, 0.6) is 0 Å². The Morgan fingerprint density at radius 3 is 3.00 bits per heavy atom. The summed E-state index contributed by atoms with van der Waals surface area (Å²) in [5.41, 5.74) is 0.957. The maximum absolute atomic E-state index is 10.5. The molecule has 0 fully saturated rings. The topological polar surface area (TPSA) is 68.1 Å². The number of thiazole rings is 1. The Balaban J connectivity index is 1.79. The van der Waals surface area contributed by atoms with Crippen LogP contribution in [0.1, 0.15) is 23.4 Å². The first-order valence-corrected chi connectivity index (χ1v) is 7.24. The molecule has 96 valence electrons. The van der Waals surface area contributed by atoms with Gasteiger partial charge in [0.25, 0.3) is 0 Å². The second-order valence-electron chi connectivity index (χ2n) is 3.95. The molecule has 2 heterocycles. The molecule has 0 bridgehead atoms. The minimum Gasteiger partial charge on any atom is -0.312 e. The second kappa shape index (κ2) is 6.03. The molecule has 0 spiro atoms. The summed E-state index contributed by atoms with van der Waals surface area (Å²) in [6.45, 7) is 3.58. The lowest BCUT2D eigenvalue weighted by Crippen LogP contribution is -2.19. The zero-order valence-electron chi connectivity index (χ0n) is 9.83. The average molecular weight is 283 g/mol. The Bertz CT molecular complexity index is 510. The van der Waals surface area contributed by atoms with E-state index in [1.807, 2.05) is 10.8 Å². The van der Waals surface area contributed by atoms with Crippen molar-refractivity contribution in [3.8, 4) is 0 Å². The Labute approximate surface area is 113 Å². The van der Waals surface area contributed by atoms with E-state index in [2.05, 4.69) is 17.2 Å². The van der Waals surface area contributed by atoms with Gasteiger partial charge in [0.1, 0.15) is 0 Å². The van der Waals surface area contributed by atoms with Gasteiger partial charge in [0.05, 0.1) is 9.93 Å². The van der Waals surface area contributed by atoms with E-state index in [1.165, 1.54) is 0 Å². The molecule has 2 aromatic heterocycles. The van der Waals surface area contributed by atoms with E-state index in [0.717, 1.165) is 28.5 Å². The van der Waals surface area contributed by atoms with Gasteiger partial charge in [-0.1, -0.05) is 18.3 Å². The van der Waals surface area contributed by atoms with Crippen molar-refractivity contribution >= 4 is 27.7 Å². The molecule has 0 saturated carbocycles. The predicted molar refractivity (Wildman–Crippen MR) is 73.2 cm³/mol. The highest BCUT2D eigenvalue weighted by Gasteiger charge is 2.10. The van der Waals surface area contributed by atoms with Crippen LogP contribution in [0.3, 0.4) is 0 Å². The number of nitrogens with one attached hydrogen (secondary N) is 1. The van der Waals surface area contributed by atoms with Crippen LogP contribution in [-0.4, -0.2) is 16.5 Å². The number of hydrogen-bond donors (Lipinski definition) is 1. The number of thiophene rings is 1. The number of nitrogens with zero attached hydrogens (tertiary/aromatic N) is 2. The van der Waals surface area contributed by atoms with E-state index >= 15 is 0 Å². The smallest absolute Gasteiger partial charge is 0.312 e. The summed E-state index contributed by atoms with van der Waals surface area (Å²) in [7, 11) is 0. The van der Waals surface area contributed by atoms with Gasteiger partial charge in [-0.3, -0.25) is 10.1 Å². The lowest BCUT2D eigenvalue weighted by atomic mass is 10.2. The number of aromatic nitrogens is 1. The molecule has 0 amide bonds. The van der Waals surface area contributed by atoms with Gasteiger partial charge in [-0.25, -0.2) is 4.98 Å². The van der Waals surface area contributed by atoms with Crippen LogP contribution in [0.4, 0.5) is 5.00 Å². The van der Waals surface area contributed by atoms with Crippen molar-refractivity contribution in [2.45, 2.75) is 19.4 Å². The molecule has 1 N–H and O–H groups in total. The molecule has 7 heteroatoms. The Morgan fingerprint density at radius 1 is 1.56 bits per heavy atom. The van der Waals surface area contributed by atoms with Crippen molar-refractivity contribution in [2.24, 2.45) is 0 Å². The third-order valence-corrected chi connectivity index (χ3v) is 4.41. The van der Waals surface area contributed by atoms with Crippen LogP contribution in [-0.2, 0) is 6.54 Å². The molecule has 0 aromatic carbocycles. The monoisotopic (exact) mass is 283 g/mol. The molecule has 0 saturated heterocycles. The molecule has 0 radical (unpaired) electrons. The first kappa shape index (κ1) is 13.1. The SMILES string of the molecule is CC(CNCc1csc([N+](=O)[O-])c1)c1nccs1. The Kier molecular flexibility index (Phi) is 4.40. The van der Waals surface area contributed by atoms with Crippen LogP contribution in [0.25, 0.3) is 0 Å². The summed E-state index contributed by atoms with van der Waals surface area (Å²) in [6.07, 6.45) is 1.80. The van der Waals surface area contributed by atoms with Crippen LogP contribution >= 0.6 is 22.7 Å². The molecule has 2 aromatic rings. The van der Waals surface area contributed by atoms with Crippen LogP contribution in [0, 0.1) is 10.1 Å². The van der Waals surface area contributed by atoms with Crippen molar-refractivity contribution in [1.82, 2.24) is 10.3 Å². The van der Waals surface area contributed by atoms with Gasteiger partial charge in [0.15, 0.2) is 0 Å². The second-order valence-corrected chi connectivity index (χ2v) is 5.77. The average Bonchev–Trinajstić information content (AvgIpc) is 3.00. The van der Waals surface area contributed by atoms with E-state index in [-0.39, 0.29) is 9.92 Å². The van der Waals surface area contributed by atoms with E-state index in [4.69, 9.17) is 0 Å². The fraction of sp³-hybridized carbons (Fsp3) is 0.364. The highest BCUT2D eigenvalue weighted by molar-refractivity contribution is 7.13. The van der Waals surface area contributed by atoms with Gasteiger partial charge in [-0.05, 0) is 5.56 Å². The van der Waals surface area contributed by atoms with Gasteiger partial charge in [0.2, 0.25) is 0 Å². The lowest BCUT2D eigenvalue weighted by Gasteiger charge is -2.08. The van der Waals surface area contributed by atoms with Gasteiger partial charge in [-0.15, -0.1) is 11.3 Å². The summed E-state index contributed by atoms with van der Waals surface area (Å²) in [5.74, 6) is 0.360.